The van der Waals surface area contributed by atoms with E-state index in [9.17, 15) is 0 Å². The fourth-order valence-corrected chi connectivity index (χ4v) is 3.25. The molecule has 0 amide bonds. The van der Waals surface area contributed by atoms with Gasteiger partial charge in [0, 0.05) is 30.6 Å². The van der Waals surface area contributed by atoms with E-state index in [1.807, 2.05) is 11.3 Å². The Hall–Kier alpha value is 0.390. The fourth-order valence-electron chi connectivity index (χ4n) is 1.56. The minimum atomic E-state index is 0. The van der Waals surface area contributed by atoms with Gasteiger partial charge in [0.25, 0.3) is 0 Å². The molecule has 1 saturated heterocycles. The molecule has 1 fully saturated rings. The molecule has 86 valence electrons. The Kier molecular flexibility index (Phi) is 5.06. The molecule has 2 nitrogen and oxygen atoms in total. The van der Waals surface area contributed by atoms with E-state index in [0.717, 1.165) is 25.7 Å². The van der Waals surface area contributed by atoms with Crippen molar-refractivity contribution >= 4 is 39.7 Å². The topological polar surface area (TPSA) is 15.3 Å². The summed E-state index contributed by atoms with van der Waals surface area (Å²) in [6.07, 6.45) is 0. The number of rotatable bonds is 3. The predicted molar refractivity (Wildman–Crippen MR) is 72.1 cm³/mol. The molecular formula is C10H16BrClN2S. The van der Waals surface area contributed by atoms with Gasteiger partial charge in [-0.1, -0.05) is 0 Å². The third-order valence-corrected chi connectivity index (χ3v) is 4.82. The zero-order valence-electron chi connectivity index (χ0n) is 8.92. The van der Waals surface area contributed by atoms with Gasteiger partial charge >= 0.3 is 0 Å². The Morgan fingerprint density at radius 3 is 2.67 bits per heavy atom. The molecule has 0 spiro atoms. The Morgan fingerprint density at radius 2 is 2.27 bits per heavy atom. The highest BCUT2D eigenvalue weighted by molar-refractivity contribution is 9.11. The second kappa shape index (κ2) is 5.64. The van der Waals surface area contributed by atoms with Gasteiger partial charge in [0.2, 0.25) is 0 Å². The van der Waals surface area contributed by atoms with Crippen molar-refractivity contribution in [3.63, 3.8) is 0 Å². The van der Waals surface area contributed by atoms with E-state index >= 15 is 0 Å². The minimum Gasteiger partial charge on any atom is -0.314 e. The standard InChI is InChI=1S/C10H15BrN2S.ClH/c1-7-3-9(14-10(7)11)6-13(2)8-4-12-5-8;/h3,8,12H,4-6H2,1-2H3;1H. The average molecular weight is 312 g/mol. The number of likely N-dealkylation sites (N-methyl/N-ethyl adjacent to an activating group) is 1. The molecule has 0 unspecified atom stereocenters. The van der Waals surface area contributed by atoms with Crippen LogP contribution >= 0.6 is 39.7 Å². The van der Waals surface area contributed by atoms with E-state index in [0.29, 0.717) is 0 Å². The zero-order valence-corrected chi connectivity index (χ0v) is 12.1. The van der Waals surface area contributed by atoms with Gasteiger partial charge in [0.05, 0.1) is 3.79 Å². The Morgan fingerprint density at radius 1 is 1.60 bits per heavy atom. The Labute approximate surface area is 110 Å². The number of hydrogen-bond acceptors (Lipinski definition) is 3. The number of nitrogens with zero attached hydrogens (tertiary/aromatic N) is 1. The summed E-state index contributed by atoms with van der Waals surface area (Å²) < 4.78 is 1.27. The van der Waals surface area contributed by atoms with E-state index in [1.54, 1.807) is 0 Å². The molecule has 1 N–H and O–H groups in total. The molecule has 5 heteroatoms. The van der Waals surface area contributed by atoms with Crippen LogP contribution in [0, 0.1) is 6.92 Å². The van der Waals surface area contributed by atoms with Crippen molar-refractivity contribution in [2.75, 3.05) is 20.1 Å². The summed E-state index contributed by atoms with van der Waals surface area (Å²) in [5.74, 6) is 0. The Balaban J connectivity index is 0.00000112. The van der Waals surface area contributed by atoms with Crippen molar-refractivity contribution in [3.8, 4) is 0 Å². The summed E-state index contributed by atoms with van der Waals surface area (Å²) in [6, 6.07) is 3.01. The third-order valence-electron chi connectivity index (χ3n) is 2.70. The lowest BCUT2D eigenvalue weighted by Gasteiger charge is -2.35. The van der Waals surface area contributed by atoms with E-state index < -0.39 is 0 Å². The van der Waals surface area contributed by atoms with Crippen LogP contribution in [0.3, 0.4) is 0 Å². The second-order valence-electron chi connectivity index (χ2n) is 3.90. The number of thiophene rings is 1. The summed E-state index contributed by atoms with van der Waals surface area (Å²) in [4.78, 5) is 3.87. The highest BCUT2D eigenvalue weighted by atomic mass is 79.9. The van der Waals surface area contributed by atoms with Crippen LogP contribution in [0.5, 0.6) is 0 Å². The maximum Gasteiger partial charge on any atom is 0.0730 e. The van der Waals surface area contributed by atoms with Crippen LogP contribution in [0.15, 0.2) is 9.85 Å². The highest BCUT2D eigenvalue weighted by Gasteiger charge is 2.21. The minimum absolute atomic E-state index is 0. The first-order valence-electron chi connectivity index (χ1n) is 4.82. The zero-order chi connectivity index (χ0) is 10.1. The highest BCUT2D eigenvalue weighted by Crippen LogP contribution is 2.28. The maximum atomic E-state index is 3.56. The quantitative estimate of drug-likeness (QED) is 0.923. The smallest absolute Gasteiger partial charge is 0.0730 e. The maximum absolute atomic E-state index is 3.56. The Bertz CT molecular complexity index is 306. The molecule has 1 aliphatic rings. The molecule has 15 heavy (non-hydrogen) atoms. The monoisotopic (exact) mass is 310 g/mol. The van der Waals surface area contributed by atoms with Crippen LogP contribution < -0.4 is 5.32 Å². The molecule has 1 aromatic heterocycles. The summed E-state index contributed by atoms with van der Waals surface area (Å²) in [7, 11) is 2.20. The molecule has 0 saturated carbocycles. The van der Waals surface area contributed by atoms with E-state index in [1.165, 1.54) is 14.2 Å². The van der Waals surface area contributed by atoms with Crippen molar-refractivity contribution in [1.82, 2.24) is 10.2 Å². The first-order valence-corrected chi connectivity index (χ1v) is 6.43. The van der Waals surface area contributed by atoms with Gasteiger partial charge in [-0.15, -0.1) is 23.7 Å². The van der Waals surface area contributed by atoms with Crippen molar-refractivity contribution in [3.05, 3.63) is 20.3 Å². The van der Waals surface area contributed by atoms with Gasteiger partial charge in [0.15, 0.2) is 0 Å². The number of halogens is 2. The number of aryl methyl sites for hydroxylation is 1. The van der Waals surface area contributed by atoms with Gasteiger partial charge in [-0.25, -0.2) is 0 Å². The number of nitrogens with one attached hydrogen (secondary N) is 1. The molecular weight excluding hydrogens is 296 g/mol. The lowest BCUT2D eigenvalue weighted by Crippen LogP contribution is -2.55. The predicted octanol–water partition coefficient (Wildman–Crippen LogP) is 2.64. The van der Waals surface area contributed by atoms with Crippen LogP contribution in [0.1, 0.15) is 10.4 Å². The van der Waals surface area contributed by atoms with E-state index in [-0.39, 0.29) is 12.4 Å². The molecule has 1 aromatic rings. The molecule has 0 bridgehead atoms. The molecule has 1 aliphatic heterocycles. The van der Waals surface area contributed by atoms with Crippen LogP contribution in [0.4, 0.5) is 0 Å². The van der Waals surface area contributed by atoms with Crippen LogP contribution in [0.2, 0.25) is 0 Å². The average Bonchev–Trinajstić information content (AvgIpc) is 2.26. The van der Waals surface area contributed by atoms with Crippen LogP contribution in [-0.2, 0) is 6.54 Å². The van der Waals surface area contributed by atoms with Crippen molar-refractivity contribution in [2.24, 2.45) is 0 Å². The second-order valence-corrected chi connectivity index (χ2v) is 6.35. The SMILES string of the molecule is Cc1cc(CN(C)C2CNC2)sc1Br.Cl. The summed E-state index contributed by atoms with van der Waals surface area (Å²) in [6.45, 7) is 5.50. The van der Waals surface area contributed by atoms with Crippen molar-refractivity contribution in [1.29, 1.82) is 0 Å². The van der Waals surface area contributed by atoms with E-state index in [2.05, 4.69) is 46.2 Å². The molecule has 0 aromatic carbocycles. The first kappa shape index (κ1) is 13.5. The fraction of sp³-hybridized carbons (Fsp3) is 0.600. The molecule has 0 aliphatic carbocycles. The summed E-state index contributed by atoms with van der Waals surface area (Å²) in [5.41, 5.74) is 1.35. The summed E-state index contributed by atoms with van der Waals surface area (Å²) in [5, 5.41) is 3.30. The normalized spacial score (nSPS) is 16.3. The van der Waals surface area contributed by atoms with Crippen molar-refractivity contribution in [2.45, 2.75) is 19.5 Å². The lowest BCUT2D eigenvalue weighted by molar-refractivity contribution is 0.174. The van der Waals surface area contributed by atoms with Gasteiger partial charge in [0.1, 0.15) is 0 Å². The molecule has 0 radical (unpaired) electrons. The number of hydrogen-bond donors (Lipinski definition) is 1. The molecule has 2 rings (SSSR count). The van der Waals surface area contributed by atoms with Gasteiger partial charge in [-0.3, -0.25) is 4.90 Å². The van der Waals surface area contributed by atoms with Gasteiger partial charge in [-0.2, -0.15) is 0 Å². The van der Waals surface area contributed by atoms with Gasteiger partial charge in [-0.05, 0) is 41.5 Å². The molecule has 2 heterocycles. The van der Waals surface area contributed by atoms with Crippen molar-refractivity contribution < 1.29 is 0 Å². The summed E-state index contributed by atoms with van der Waals surface area (Å²) >= 11 is 5.41. The third kappa shape index (κ3) is 3.17. The van der Waals surface area contributed by atoms with Crippen LogP contribution in [-0.4, -0.2) is 31.1 Å². The molecule has 0 atom stereocenters. The van der Waals surface area contributed by atoms with E-state index in [4.69, 9.17) is 0 Å². The first-order chi connectivity index (χ1) is 6.66. The van der Waals surface area contributed by atoms with Gasteiger partial charge < -0.3 is 5.32 Å². The largest absolute Gasteiger partial charge is 0.314 e. The van der Waals surface area contributed by atoms with Crippen LogP contribution in [0.25, 0.3) is 0 Å². The lowest BCUT2D eigenvalue weighted by atomic mass is 10.1.